The Kier molecular flexibility index (Phi) is 5.44. The van der Waals surface area contributed by atoms with Crippen molar-refractivity contribution >= 4 is 11.9 Å². The number of hydrogen-bond acceptors (Lipinski definition) is 4. The number of rotatable bonds is 7. The summed E-state index contributed by atoms with van der Waals surface area (Å²) in [4.78, 5) is 21.8. The Morgan fingerprint density at radius 2 is 1.94 bits per heavy atom. The average molecular weight is 250 g/mol. The molecule has 5 heteroatoms. The first-order valence-corrected chi connectivity index (χ1v) is 5.33. The van der Waals surface area contributed by atoms with E-state index < -0.39 is 17.9 Å². The largest absolute Gasteiger partial charge is 0.493 e. The molecule has 0 aliphatic carbocycles. The number of aliphatic carboxylic acids is 1. The topological polar surface area (TPSA) is 72.8 Å². The van der Waals surface area contributed by atoms with Crippen LogP contribution >= 0.6 is 0 Å². The first kappa shape index (κ1) is 13.8. The number of benzene rings is 1. The van der Waals surface area contributed by atoms with Gasteiger partial charge in [0.05, 0.1) is 0 Å². The molecule has 1 atom stereocenters. The summed E-state index contributed by atoms with van der Waals surface area (Å²) in [5.74, 6) is -2.07. The molecule has 1 aromatic rings. The normalized spacial score (nSPS) is 11.3. The van der Waals surface area contributed by atoms with Crippen molar-refractivity contribution in [1.82, 2.24) is 0 Å². The maximum absolute atomic E-state index is 10.9. The van der Waals surface area contributed by atoms with Gasteiger partial charge in [-0.1, -0.05) is 24.8 Å². The van der Waals surface area contributed by atoms with Gasteiger partial charge >= 0.3 is 11.9 Å². The van der Waals surface area contributed by atoms with Crippen LogP contribution < -0.4 is 4.74 Å². The molecule has 0 heterocycles. The summed E-state index contributed by atoms with van der Waals surface area (Å²) in [5.41, 5.74) is 0. The van der Waals surface area contributed by atoms with Gasteiger partial charge < -0.3 is 14.6 Å². The Morgan fingerprint density at radius 1 is 1.28 bits per heavy atom. The fourth-order valence-corrected chi connectivity index (χ4v) is 1.15. The van der Waals surface area contributed by atoms with Gasteiger partial charge in [0.1, 0.15) is 24.9 Å². The Hall–Kier alpha value is -2.30. The van der Waals surface area contributed by atoms with E-state index in [4.69, 9.17) is 9.84 Å². The van der Waals surface area contributed by atoms with Gasteiger partial charge in [0.2, 0.25) is 0 Å². The number of ether oxygens (including phenoxy) is 2. The van der Waals surface area contributed by atoms with Gasteiger partial charge in [-0.3, -0.25) is 4.79 Å². The Bertz CT molecular complexity index is 413. The smallest absolute Gasteiger partial charge is 0.330 e. The predicted molar refractivity (Wildman–Crippen MR) is 64.2 cm³/mol. The second-order valence-electron chi connectivity index (χ2n) is 3.49. The quantitative estimate of drug-likeness (QED) is 0.586. The summed E-state index contributed by atoms with van der Waals surface area (Å²) in [6.07, 6.45) is 0.983. The third-order valence-electron chi connectivity index (χ3n) is 2.14. The van der Waals surface area contributed by atoms with Crippen LogP contribution in [0, 0.1) is 5.92 Å². The highest BCUT2D eigenvalue weighted by Gasteiger charge is 2.20. The van der Waals surface area contributed by atoms with Gasteiger partial charge in [-0.2, -0.15) is 0 Å². The van der Waals surface area contributed by atoms with E-state index in [1.54, 1.807) is 24.3 Å². The number of carbonyl (C=O) groups excluding carboxylic acids is 1. The van der Waals surface area contributed by atoms with Crippen LogP contribution in [0.4, 0.5) is 0 Å². The first-order valence-electron chi connectivity index (χ1n) is 5.33. The van der Waals surface area contributed by atoms with Crippen molar-refractivity contribution in [3.8, 4) is 5.75 Å². The molecule has 0 spiro atoms. The number of carbonyl (C=O) groups is 2. The van der Waals surface area contributed by atoms with Crippen molar-refractivity contribution in [3.05, 3.63) is 43.0 Å². The van der Waals surface area contributed by atoms with Gasteiger partial charge in [-0.05, 0) is 12.1 Å². The summed E-state index contributed by atoms with van der Waals surface area (Å²) < 4.78 is 9.98. The predicted octanol–water partition coefficient (Wildman–Crippen LogP) is 1.50. The molecule has 0 saturated heterocycles. The van der Waals surface area contributed by atoms with Crippen LogP contribution in [0.1, 0.15) is 0 Å². The molecule has 5 nitrogen and oxygen atoms in total. The molecule has 1 N–H and O–H groups in total. The average Bonchev–Trinajstić information content (AvgIpc) is 2.39. The fraction of sp³-hybridized carbons (Fsp3) is 0.231. The SMILES string of the molecule is C=CC(=O)OCC(COc1ccccc1)C(=O)O. The summed E-state index contributed by atoms with van der Waals surface area (Å²) >= 11 is 0. The van der Waals surface area contributed by atoms with Crippen molar-refractivity contribution in [2.45, 2.75) is 0 Å². The molecule has 0 amide bonds. The first-order chi connectivity index (χ1) is 8.63. The third kappa shape index (κ3) is 4.69. The second kappa shape index (κ2) is 7.11. The van der Waals surface area contributed by atoms with Crippen molar-refractivity contribution in [2.24, 2.45) is 5.92 Å². The highest BCUT2D eigenvalue weighted by molar-refractivity contribution is 5.81. The van der Waals surface area contributed by atoms with E-state index in [2.05, 4.69) is 11.3 Å². The minimum absolute atomic E-state index is 0.0657. The van der Waals surface area contributed by atoms with Gasteiger partial charge in [0, 0.05) is 6.08 Å². The molecule has 1 rings (SSSR count). The molecule has 1 aromatic carbocycles. The number of carboxylic acid groups (broad SMARTS) is 1. The third-order valence-corrected chi connectivity index (χ3v) is 2.14. The van der Waals surface area contributed by atoms with Crippen molar-refractivity contribution < 1.29 is 24.2 Å². The Labute approximate surface area is 105 Å². The lowest BCUT2D eigenvalue weighted by Crippen LogP contribution is -2.27. The van der Waals surface area contributed by atoms with Gasteiger partial charge in [-0.25, -0.2) is 4.79 Å². The molecule has 0 aromatic heterocycles. The standard InChI is InChI=1S/C13H14O5/c1-2-12(14)18-9-10(13(15)16)8-17-11-6-4-3-5-7-11/h2-7,10H,1,8-9H2,(H,15,16). The van der Waals surface area contributed by atoms with E-state index in [1.165, 1.54) is 0 Å². The summed E-state index contributed by atoms with van der Waals surface area (Å²) in [7, 11) is 0. The number of esters is 1. The monoisotopic (exact) mass is 250 g/mol. The maximum Gasteiger partial charge on any atom is 0.330 e. The van der Waals surface area contributed by atoms with Crippen LogP contribution in [0.3, 0.4) is 0 Å². The highest BCUT2D eigenvalue weighted by Crippen LogP contribution is 2.10. The fourth-order valence-electron chi connectivity index (χ4n) is 1.15. The summed E-state index contributed by atoms with van der Waals surface area (Å²) in [5, 5.41) is 8.94. The molecule has 96 valence electrons. The number of carboxylic acids is 1. The highest BCUT2D eigenvalue weighted by atomic mass is 16.5. The van der Waals surface area contributed by atoms with Crippen molar-refractivity contribution in [1.29, 1.82) is 0 Å². The lowest BCUT2D eigenvalue weighted by atomic mass is 10.2. The van der Waals surface area contributed by atoms with E-state index in [1.807, 2.05) is 6.07 Å². The van der Waals surface area contributed by atoms with Gasteiger partial charge in [0.25, 0.3) is 0 Å². The zero-order valence-electron chi connectivity index (χ0n) is 9.74. The van der Waals surface area contributed by atoms with Crippen molar-refractivity contribution in [2.75, 3.05) is 13.2 Å². The van der Waals surface area contributed by atoms with Crippen molar-refractivity contribution in [3.63, 3.8) is 0 Å². The molecule has 0 aliphatic heterocycles. The lowest BCUT2D eigenvalue weighted by Gasteiger charge is -2.13. The molecule has 0 aliphatic rings. The van der Waals surface area contributed by atoms with E-state index in [0.717, 1.165) is 6.08 Å². The maximum atomic E-state index is 10.9. The van der Waals surface area contributed by atoms with E-state index >= 15 is 0 Å². The minimum Gasteiger partial charge on any atom is -0.493 e. The zero-order chi connectivity index (χ0) is 13.4. The van der Waals surface area contributed by atoms with Crippen LogP contribution in [0.5, 0.6) is 5.75 Å². The molecular formula is C13H14O5. The van der Waals surface area contributed by atoms with Crippen LogP contribution in [0.25, 0.3) is 0 Å². The minimum atomic E-state index is -1.08. The van der Waals surface area contributed by atoms with E-state index in [-0.39, 0.29) is 13.2 Å². The van der Waals surface area contributed by atoms with E-state index in [0.29, 0.717) is 5.75 Å². The molecule has 0 bridgehead atoms. The van der Waals surface area contributed by atoms with Crippen LogP contribution in [-0.4, -0.2) is 30.3 Å². The molecule has 0 saturated carbocycles. The zero-order valence-corrected chi connectivity index (χ0v) is 9.74. The molecule has 0 fully saturated rings. The Morgan fingerprint density at radius 3 is 2.50 bits per heavy atom. The molecular weight excluding hydrogens is 236 g/mol. The van der Waals surface area contributed by atoms with Crippen LogP contribution in [0.2, 0.25) is 0 Å². The molecule has 18 heavy (non-hydrogen) atoms. The van der Waals surface area contributed by atoms with Crippen LogP contribution in [-0.2, 0) is 14.3 Å². The van der Waals surface area contributed by atoms with Gasteiger partial charge in [-0.15, -0.1) is 0 Å². The molecule has 0 radical (unpaired) electrons. The van der Waals surface area contributed by atoms with Gasteiger partial charge in [0.15, 0.2) is 0 Å². The summed E-state index contributed by atoms with van der Waals surface area (Å²) in [6.45, 7) is 2.92. The second-order valence-corrected chi connectivity index (χ2v) is 3.49. The summed E-state index contributed by atoms with van der Waals surface area (Å²) in [6, 6.07) is 8.82. The van der Waals surface area contributed by atoms with Crippen LogP contribution in [0.15, 0.2) is 43.0 Å². The Balaban J connectivity index is 2.46. The molecule has 1 unspecified atom stereocenters. The lowest BCUT2D eigenvalue weighted by molar-refractivity contribution is -0.149. The number of para-hydroxylation sites is 1. The number of hydrogen-bond donors (Lipinski definition) is 1. The van der Waals surface area contributed by atoms with E-state index in [9.17, 15) is 9.59 Å².